The van der Waals surface area contributed by atoms with Crippen LogP contribution in [0.25, 0.3) is 0 Å². The second kappa shape index (κ2) is 7.76. The minimum Gasteiger partial charge on any atom is -0.332 e. The van der Waals surface area contributed by atoms with Crippen LogP contribution in [-0.4, -0.2) is 11.0 Å². The number of nitrogens with one attached hydrogen (secondary N) is 2. The maximum atomic E-state index is 12.3. The highest BCUT2D eigenvalue weighted by Crippen LogP contribution is 2.30. The normalized spacial score (nSPS) is 11.0. The Morgan fingerprint density at radius 3 is 2.21 bits per heavy atom. The topological polar surface area (TPSA) is 41.1 Å². The molecule has 0 atom stereocenters. The van der Waals surface area contributed by atoms with Gasteiger partial charge in [0, 0.05) is 20.2 Å². The van der Waals surface area contributed by atoms with Crippen LogP contribution in [0, 0.1) is 0 Å². The first-order chi connectivity index (χ1) is 11.2. The van der Waals surface area contributed by atoms with E-state index in [-0.39, 0.29) is 16.4 Å². The van der Waals surface area contributed by atoms with E-state index in [0.717, 1.165) is 20.2 Å². The molecule has 0 aliphatic heterocycles. The monoisotopic (exact) mass is 468 g/mol. The van der Waals surface area contributed by atoms with Crippen LogP contribution >= 0.6 is 44.1 Å². The summed E-state index contributed by atoms with van der Waals surface area (Å²) in [4.78, 5) is 12.3. The van der Waals surface area contributed by atoms with Crippen LogP contribution in [0.5, 0.6) is 0 Å². The number of halogens is 2. The van der Waals surface area contributed by atoms with E-state index < -0.39 is 0 Å². The Bertz CT molecular complexity index is 768. The first kappa shape index (κ1) is 19.1. The summed E-state index contributed by atoms with van der Waals surface area (Å²) in [5, 5.41) is 5.94. The summed E-state index contributed by atoms with van der Waals surface area (Å²) in [6.45, 7) is 6.39. The van der Waals surface area contributed by atoms with Crippen molar-refractivity contribution in [1.29, 1.82) is 0 Å². The molecule has 0 saturated heterocycles. The van der Waals surface area contributed by atoms with Crippen molar-refractivity contribution in [2.24, 2.45) is 0 Å². The van der Waals surface area contributed by atoms with Crippen LogP contribution in [-0.2, 0) is 5.41 Å². The second-order valence-corrected chi connectivity index (χ2v) is 8.54. The zero-order chi connectivity index (χ0) is 17.9. The van der Waals surface area contributed by atoms with Gasteiger partial charge in [0.1, 0.15) is 0 Å². The first-order valence-electron chi connectivity index (χ1n) is 7.35. The van der Waals surface area contributed by atoms with E-state index in [0.29, 0.717) is 5.56 Å². The van der Waals surface area contributed by atoms with Crippen molar-refractivity contribution in [3.63, 3.8) is 0 Å². The molecule has 2 aromatic carbocycles. The number of carbonyl (C=O) groups excluding carboxylic acids is 1. The van der Waals surface area contributed by atoms with Gasteiger partial charge in [0.15, 0.2) is 5.11 Å². The van der Waals surface area contributed by atoms with Gasteiger partial charge in [0.2, 0.25) is 0 Å². The number of amides is 1. The van der Waals surface area contributed by atoms with Gasteiger partial charge in [-0.2, -0.15) is 0 Å². The predicted molar refractivity (Wildman–Crippen MR) is 111 cm³/mol. The number of anilines is 1. The van der Waals surface area contributed by atoms with Crippen molar-refractivity contribution in [3.05, 3.63) is 62.5 Å². The van der Waals surface area contributed by atoms with E-state index in [1.807, 2.05) is 42.5 Å². The molecule has 0 unspecified atom stereocenters. The van der Waals surface area contributed by atoms with Crippen molar-refractivity contribution in [2.75, 3.05) is 5.32 Å². The van der Waals surface area contributed by atoms with Gasteiger partial charge in [0.05, 0.1) is 0 Å². The van der Waals surface area contributed by atoms with Crippen LogP contribution in [0.2, 0.25) is 0 Å². The molecule has 0 spiro atoms. The van der Waals surface area contributed by atoms with Gasteiger partial charge in [-0.1, -0.05) is 58.7 Å². The lowest BCUT2D eigenvalue weighted by atomic mass is 9.86. The maximum Gasteiger partial charge on any atom is 0.257 e. The molecule has 3 nitrogen and oxygen atoms in total. The number of thiocarbonyl (C=S) groups is 1. The van der Waals surface area contributed by atoms with Crippen molar-refractivity contribution in [2.45, 2.75) is 26.2 Å². The van der Waals surface area contributed by atoms with Gasteiger partial charge in [-0.3, -0.25) is 10.1 Å². The molecule has 0 aliphatic carbocycles. The molecule has 0 aliphatic rings. The molecule has 6 heteroatoms. The lowest BCUT2D eigenvalue weighted by molar-refractivity contribution is 0.0977. The fourth-order valence-corrected chi connectivity index (χ4v) is 3.58. The molecule has 0 heterocycles. The summed E-state index contributed by atoms with van der Waals surface area (Å²) in [5.41, 5.74) is 2.52. The van der Waals surface area contributed by atoms with Gasteiger partial charge >= 0.3 is 0 Å². The summed E-state index contributed by atoms with van der Waals surface area (Å²) in [6, 6.07) is 13.1. The predicted octanol–water partition coefficient (Wildman–Crippen LogP) is 5.64. The molecule has 126 valence electrons. The molecule has 0 aromatic heterocycles. The van der Waals surface area contributed by atoms with Crippen molar-refractivity contribution < 1.29 is 4.79 Å². The molecule has 2 aromatic rings. The molecule has 0 radical (unpaired) electrons. The molecular formula is C18H18Br2N2OS. The molecule has 0 bridgehead atoms. The van der Waals surface area contributed by atoms with E-state index >= 15 is 0 Å². The minimum absolute atomic E-state index is 0.00623. The van der Waals surface area contributed by atoms with Crippen LogP contribution in [0.1, 0.15) is 36.7 Å². The third-order valence-electron chi connectivity index (χ3n) is 3.37. The Hall–Kier alpha value is -1.24. The van der Waals surface area contributed by atoms with Gasteiger partial charge in [-0.05, 0) is 59.6 Å². The van der Waals surface area contributed by atoms with E-state index in [4.69, 9.17) is 12.2 Å². The van der Waals surface area contributed by atoms with Crippen LogP contribution < -0.4 is 10.6 Å². The molecule has 24 heavy (non-hydrogen) atoms. The Balaban J connectivity index is 2.05. The zero-order valence-electron chi connectivity index (χ0n) is 13.6. The lowest BCUT2D eigenvalue weighted by Gasteiger charge is -2.21. The van der Waals surface area contributed by atoms with E-state index in [1.54, 1.807) is 0 Å². The van der Waals surface area contributed by atoms with Crippen LogP contribution in [0.4, 0.5) is 5.69 Å². The highest BCUT2D eigenvalue weighted by molar-refractivity contribution is 9.10. The number of hydrogen-bond acceptors (Lipinski definition) is 2. The van der Waals surface area contributed by atoms with Gasteiger partial charge in [-0.25, -0.2) is 0 Å². The van der Waals surface area contributed by atoms with Crippen molar-refractivity contribution in [3.8, 4) is 0 Å². The second-order valence-electron chi connectivity index (χ2n) is 6.36. The molecular weight excluding hydrogens is 452 g/mol. The molecule has 0 saturated carbocycles. The molecule has 2 rings (SSSR count). The van der Waals surface area contributed by atoms with Gasteiger partial charge in [0.25, 0.3) is 5.91 Å². The standard InChI is InChI=1S/C18H18Br2N2OS/c1-18(2,3)14-9-4-11(10-15(14)20)16(23)22-17(24)21-13-7-5-12(19)6-8-13/h4-10H,1-3H3,(H2,21,22,23,24). The van der Waals surface area contributed by atoms with Gasteiger partial charge < -0.3 is 5.32 Å². The summed E-state index contributed by atoms with van der Waals surface area (Å²) in [6.07, 6.45) is 0. The highest BCUT2D eigenvalue weighted by atomic mass is 79.9. The Morgan fingerprint density at radius 1 is 1.04 bits per heavy atom. The third kappa shape index (κ3) is 5.13. The molecule has 0 fully saturated rings. The average molecular weight is 470 g/mol. The highest BCUT2D eigenvalue weighted by Gasteiger charge is 2.18. The third-order valence-corrected chi connectivity index (χ3v) is 4.76. The number of rotatable bonds is 2. The SMILES string of the molecule is CC(C)(C)c1ccc(C(=O)NC(=S)Nc2ccc(Br)cc2)cc1Br. The summed E-state index contributed by atoms with van der Waals surface area (Å²) < 4.78 is 1.89. The van der Waals surface area contributed by atoms with Crippen LogP contribution in [0.3, 0.4) is 0 Å². The van der Waals surface area contributed by atoms with Crippen LogP contribution in [0.15, 0.2) is 51.4 Å². The number of carbonyl (C=O) groups is 1. The Morgan fingerprint density at radius 2 is 1.67 bits per heavy atom. The summed E-state index contributed by atoms with van der Waals surface area (Å²) in [5.74, 6) is -0.245. The Labute approximate surface area is 164 Å². The quantitative estimate of drug-likeness (QED) is 0.559. The van der Waals surface area contributed by atoms with Crippen molar-refractivity contribution >= 4 is 60.8 Å². The summed E-state index contributed by atoms with van der Waals surface area (Å²) in [7, 11) is 0. The Kier molecular flexibility index (Phi) is 6.17. The fourth-order valence-electron chi connectivity index (χ4n) is 2.14. The van der Waals surface area contributed by atoms with E-state index in [2.05, 4.69) is 63.3 Å². The number of benzene rings is 2. The largest absolute Gasteiger partial charge is 0.332 e. The average Bonchev–Trinajstić information content (AvgIpc) is 2.48. The first-order valence-corrected chi connectivity index (χ1v) is 9.34. The maximum absolute atomic E-state index is 12.3. The zero-order valence-corrected chi connectivity index (χ0v) is 17.6. The van der Waals surface area contributed by atoms with Crippen molar-refractivity contribution in [1.82, 2.24) is 5.32 Å². The van der Waals surface area contributed by atoms with E-state index in [9.17, 15) is 4.79 Å². The minimum atomic E-state index is -0.245. The molecule has 1 amide bonds. The summed E-state index contributed by atoms with van der Waals surface area (Å²) >= 11 is 12.1. The van der Waals surface area contributed by atoms with Gasteiger partial charge in [-0.15, -0.1) is 0 Å². The lowest BCUT2D eigenvalue weighted by Crippen LogP contribution is -2.34. The molecule has 2 N–H and O–H groups in total. The fraction of sp³-hybridized carbons (Fsp3) is 0.222. The smallest absolute Gasteiger partial charge is 0.257 e. The van der Waals surface area contributed by atoms with E-state index in [1.165, 1.54) is 0 Å². The number of hydrogen-bond donors (Lipinski definition) is 2.